The van der Waals surface area contributed by atoms with Crippen molar-refractivity contribution in [2.75, 3.05) is 11.4 Å². The number of piperidine rings is 1. The summed E-state index contributed by atoms with van der Waals surface area (Å²) >= 11 is 0. The van der Waals surface area contributed by atoms with Crippen molar-refractivity contribution in [1.82, 2.24) is 0 Å². The van der Waals surface area contributed by atoms with Gasteiger partial charge in [-0.25, -0.2) is 0 Å². The SMILES string of the molecule is C[C@@H](O)c1ccccc1N1CC2CCC1C2. The molecule has 3 rings (SSSR count). The predicted octanol–water partition coefficient (Wildman–Crippen LogP) is 2.73. The zero-order valence-electron chi connectivity index (χ0n) is 9.76. The van der Waals surface area contributed by atoms with E-state index in [0.717, 1.165) is 17.5 Å². The highest BCUT2D eigenvalue weighted by atomic mass is 16.3. The van der Waals surface area contributed by atoms with E-state index >= 15 is 0 Å². The standard InChI is InChI=1S/C14H19NO/c1-10(16)13-4-2-3-5-14(13)15-9-11-6-7-12(15)8-11/h2-5,10-12,16H,6-9H2,1H3/t10-,11?,12?/m1/s1. The highest BCUT2D eigenvalue weighted by Gasteiger charge is 2.38. The third kappa shape index (κ3) is 1.52. The maximum Gasteiger partial charge on any atom is 0.0781 e. The summed E-state index contributed by atoms with van der Waals surface area (Å²) in [5.74, 6) is 0.895. The molecule has 1 aromatic rings. The molecule has 2 unspecified atom stereocenters. The molecule has 2 bridgehead atoms. The van der Waals surface area contributed by atoms with Gasteiger partial charge >= 0.3 is 0 Å². The highest BCUT2D eigenvalue weighted by molar-refractivity contribution is 5.56. The van der Waals surface area contributed by atoms with Crippen molar-refractivity contribution in [3.8, 4) is 0 Å². The van der Waals surface area contributed by atoms with E-state index in [-0.39, 0.29) is 6.10 Å². The number of aliphatic hydroxyl groups excluding tert-OH is 1. The molecule has 3 atom stereocenters. The van der Waals surface area contributed by atoms with Crippen LogP contribution in [-0.2, 0) is 0 Å². The van der Waals surface area contributed by atoms with Crippen LogP contribution in [0.15, 0.2) is 24.3 Å². The number of hydrogen-bond donors (Lipinski definition) is 1. The van der Waals surface area contributed by atoms with Crippen molar-refractivity contribution >= 4 is 5.69 Å². The Morgan fingerprint density at radius 1 is 1.31 bits per heavy atom. The molecule has 1 saturated carbocycles. The number of hydrogen-bond acceptors (Lipinski definition) is 2. The molecule has 1 aliphatic heterocycles. The van der Waals surface area contributed by atoms with Gasteiger partial charge in [-0.2, -0.15) is 0 Å². The molecule has 2 nitrogen and oxygen atoms in total. The monoisotopic (exact) mass is 217 g/mol. The molecular weight excluding hydrogens is 198 g/mol. The largest absolute Gasteiger partial charge is 0.389 e. The molecule has 1 saturated heterocycles. The van der Waals surface area contributed by atoms with Crippen molar-refractivity contribution in [1.29, 1.82) is 0 Å². The van der Waals surface area contributed by atoms with Crippen molar-refractivity contribution < 1.29 is 5.11 Å². The van der Waals surface area contributed by atoms with Gasteiger partial charge in [-0.05, 0) is 38.2 Å². The van der Waals surface area contributed by atoms with Gasteiger partial charge in [0.05, 0.1) is 6.10 Å². The van der Waals surface area contributed by atoms with Crippen molar-refractivity contribution in [2.45, 2.75) is 38.3 Å². The van der Waals surface area contributed by atoms with Crippen LogP contribution in [0.3, 0.4) is 0 Å². The van der Waals surface area contributed by atoms with Crippen LogP contribution >= 0.6 is 0 Å². The number of rotatable bonds is 2. The maximum absolute atomic E-state index is 9.81. The molecule has 0 aromatic heterocycles. The van der Waals surface area contributed by atoms with Gasteiger partial charge in [0.15, 0.2) is 0 Å². The fourth-order valence-electron chi connectivity index (χ4n) is 3.32. The van der Waals surface area contributed by atoms with E-state index in [9.17, 15) is 5.11 Å². The zero-order chi connectivity index (χ0) is 11.1. The van der Waals surface area contributed by atoms with Crippen LogP contribution in [0.2, 0.25) is 0 Å². The molecule has 2 aliphatic rings. The Balaban J connectivity index is 1.94. The molecule has 1 aliphatic carbocycles. The maximum atomic E-state index is 9.81. The summed E-state index contributed by atoms with van der Waals surface area (Å²) < 4.78 is 0. The molecule has 2 heteroatoms. The first-order valence-corrected chi connectivity index (χ1v) is 6.29. The van der Waals surface area contributed by atoms with E-state index in [1.165, 1.54) is 31.5 Å². The smallest absolute Gasteiger partial charge is 0.0781 e. The Kier molecular flexibility index (Phi) is 2.40. The molecule has 2 fully saturated rings. The van der Waals surface area contributed by atoms with E-state index in [0.29, 0.717) is 0 Å². The summed E-state index contributed by atoms with van der Waals surface area (Å²) in [4.78, 5) is 2.51. The first-order valence-electron chi connectivity index (χ1n) is 6.29. The van der Waals surface area contributed by atoms with Crippen molar-refractivity contribution in [2.24, 2.45) is 5.92 Å². The number of fused-ring (bicyclic) bond motifs is 2. The third-order valence-electron chi connectivity index (χ3n) is 4.11. The molecule has 1 heterocycles. The molecule has 0 amide bonds. The van der Waals surface area contributed by atoms with Crippen LogP contribution in [0.25, 0.3) is 0 Å². The second-order valence-electron chi connectivity index (χ2n) is 5.22. The van der Waals surface area contributed by atoms with Crippen LogP contribution in [0.1, 0.15) is 37.9 Å². The summed E-state index contributed by atoms with van der Waals surface area (Å²) in [5, 5.41) is 9.81. The molecule has 1 N–H and O–H groups in total. The van der Waals surface area contributed by atoms with E-state index in [1.54, 1.807) is 0 Å². The zero-order valence-corrected chi connectivity index (χ0v) is 9.76. The van der Waals surface area contributed by atoms with Crippen molar-refractivity contribution in [3.63, 3.8) is 0 Å². The minimum absolute atomic E-state index is 0.365. The Morgan fingerprint density at radius 2 is 2.12 bits per heavy atom. The van der Waals surface area contributed by atoms with Crippen LogP contribution in [0, 0.1) is 5.92 Å². The number of anilines is 1. The normalized spacial score (nSPS) is 29.8. The second-order valence-corrected chi connectivity index (χ2v) is 5.22. The Hall–Kier alpha value is -1.02. The molecule has 0 spiro atoms. The fourth-order valence-corrected chi connectivity index (χ4v) is 3.32. The van der Waals surface area contributed by atoms with Crippen LogP contribution in [0.5, 0.6) is 0 Å². The van der Waals surface area contributed by atoms with Gasteiger partial charge in [0, 0.05) is 23.8 Å². The molecule has 0 radical (unpaired) electrons. The fraction of sp³-hybridized carbons (Fsp3) is 0.571. The predicted molar refractivity (Wildman–Crippen MR) is 65.6 cm³/mol. The lowest BCUT2D eigenvalue weighted by atomic mass is 10.0. The van der Waals surface area contributed by atoms with Gasteiger partial charge in [-0.15, -0.1) is 0 Å². The minimum atomic E-state index is -0.365. The summed E-state index contributed by atoms with van der Waals surface area (Å²) in [6, 6.07) is 9.02. The van der Waals surface area contributed by atoms with Gasteiger partial charge in [-0.1, -0.05) is 18.2 Å². The number of para-hydroxylation sites is 1. The van der Waals surface area contributed by atoms with Gasteiger partial charge in [0.2, 0.25) is 0 Å². The van der Waals surface area contributed by atoms with Gasteiger partial charge in [0.1, 0.15) is 0 Å². The summed E-state index contributed by atoms with van der Waals surface area (Å²) in [7, 11) is 0. The lowest BCUT2D eigenvalue weighted by Crippen LogP contribution is -2.32. The number of nitrogens with zero attached hydrogens (tertiary/aromatic N) is 1. The number of aliphatic hydroxyl groups is 1. The second kappa shape index (κ2) is 3.77. The average Bonchev–Trinajstić information content (AvgIpc) is 2.90. The first kappa shape index (κ1) is 10.2. The van der Waals surface area contributed by atoms with Crippen LogP contribution in [0.4, 0.5) is 5.69 Å². The van der Waals surface area contributed by atoms with Crippen LogP contribution in [-0.4, -0.2) is 17.7 Å². The number of benzene rings is 1. The highest BCUT2D eigenvalue weighted by Crippen LogP contribution is 2.42. The van der Waals surface area contributed by atoms with Gasteiger partial charge in [-0.3, -0.25) is 0 Å². The lowest BCUT2D eigenvalue weighted by molar-refractivity contribution is 0.199. The summed E-state index contributed by atoms with van der Waals surface area (Å²) in [6.07, 6.45) is 3.72. The molecule has 1 aromatic carbocycles. The quantitative estimate of drug-likeness (QED) is 0.823. The summed E-state index contributed by atoms with van der Waals surface area (Å²) in [6.45, 7) is 3.04. The Bertz CT molecular complexity index is 388. The molecule has 86 valence electrons. The van der Waals surface area contributed by atoms with Crippen LogP contribution < -0.4 is 4.90 Å². The topological polar surface area (TPSA) is 23.5 Å². The molecule has 16 heavy (non-hydrogen) atoms. The van der Waals surface area contributed by atoms with E-state index in [1.807, 2.05) is 19.1 Å². The minimum Gasteiger partial charge on any atom is -0.389 e. The summed E-state index contributed by atoms with van der Waals surface area (Å²) in [5.41, 5.74) is 2.33. The Labute approximate surface area is 96.9 Å². The van der Waals surface area contributed by atoms with Gasteiger partial charge < -0.3 is 10.0 Å². The third-order valence-corrected chi connectivity index (χ3v) is 4.11. The average molecular weight is 217 g/mol. The molecular formula is C14H19NO. The van der Waals surface area contributed by atoms with E-state index < -0.39 is 0 Å². The van der Waals surface area contributed by atoms with E-state index in [2.05, 4.69) is 17.0 Å². The first-order chi connectivity index (χ1) is 7.75. The Morgan fingerprint density at radius 3 is 2.75 bits per heavy atom. The van der Waals surface area contributed by atoms with E-state index in [4.69, 9.17) is 0 Å². The lowest BCUT2D eigenvalue weighted by Gasteiger charge is -2.31. The van der Waals surface area contributed by atoms with Gasteiger partial charge in [0.25, 0.3) is 0 Å². The van der Waals surface area contributed by atoms with Crippen molar-refractivity contribution in [3.05, 3.63) is 29.8 Å².